The van der Waals surface area contributed by atoms with Gasteiger partial charge in [-0.25, -0.2) is 132 Å². The van der Waals surface area contributed by atoms with Crippen LogP contribution in [0.4, 0.5) is 132 Å². The van der Waals surface area contributed by atoms with Crippen molar-refractivity contribution >= 4 is 0 Å². The summed E-state index contributed by atoms with van der Waals surface area (Å²) in [6.45, 7) is 5.53. The van der Waals surface area contributed by atoms with Gasteiger partial charge >= 0.3 is 148 Å². The first-order valence-corrected chi connectivity index (χ1v) is 23.5. The number of halogens is 30. The van der Waals surface area contributed by atoms with Gasteiger partial charge in [0.15, 0.2) is 175 Å². The Labute approximate surface area is 659 Å². The molecule has 14 nitrogen and oxygen atoms in total. The first-order chi connectivity index (χ1) is 44.4. The second kappa shape index (κ2) is 56.9. The van der Waals surface area contributed by atoms with Gasteiger partial charge in [0.1, 0.15) is 0 Å². The zero-order valence-corrected chi connectivity index (χ0v) is 57.1. The van der Waals surface area contributed by atoms with E-state index in [9.17, 15) is 162 Å². The van der Waals surface area contributed by atoms with E-state index in [0.29, 0.717) is 52.9 Å². The molecule has 0 aliphatic carbocycles. The number of hydrogen-bond acceptors (Lipinski definition) is 14. The van der Waals surface area contributed by atoms with E-state index in [4.69, 9.17) is 0 Å². The molecule has 0 spiro atoms. The van der Waals surface area contributed by atoms with Gasteiger partial charge in [0, 0.05) is 56.9 Å². The monoisotopic (exact) mass is 1920 g/mol. The maximum absolute atomic E-state index is 12.1. The van der Waals surface area contributed by atoms with E-state index in [1.54, 1.807) is 56.9 Å². The van der Waals surface area contributed by atoms with Crippen molar-refractivity contribution in [3.05, 3.63) is 175 Å². The van der Waals surface area contributed by atoms with E-state index in [0.717, 1.165) is 0 Å². The van der Waals surface area contributed by atoms with Crippen LogP contribution in [-0.2, 0) is 37.9 Å². The Hall–Kier alpha value is -3.55. The average molecular weight is 1910 g/mol. The van der Waals surface area contributed by atoms with E-state index >= 15 is 0 Å². The predicted molar refractivity (Wildman–Crippen MR) is 249 cm³/mol. The molecule has 0 atom stereocenters. The molecule has 0 saturated heterocycles. The Morgan fingerprint density at radius 2 is 0.192 bits per heavy atom. The molecule has 0 aliphatic rings. The molecule has 99 heavy (non-hydrogen) atoms. The zero-order chi connectivity index (χ0) is 76.1. The van der Waals surface area contributed by atoms with Crippen LogP contribution in [0.15, 0.2) is 0 Å². The minimum Gasteiger partial charge on any atom is -0.868 e. The van der Waals surface area contributed by atoms with E-state index in [1.165, 1.54) is 0 Å². The molecule has 0 heterocycles. The fourth-order valence-corrected chi connectivity index (χ4v) is 4.18. The molecule has 0 bridgehead atoms. The SMILES string of the molecule is COCCOC.COCCOC.COCCOC.COCCOC.[Eu+2].[Eu+2].[Eu+2].[O-]c1c(F)c(F)c(F)c(F)c1F.[O-]c1c(F)c(F)c(F)c(F)c1F.[O-]c1c(F)c(F)c(F)c(F)c1F.[O-]c1c(F)c(F)c(F)c(F)c1F.[O-]c1c(F)c(F)c(F)c(F)c1F.[O-]c1c(F)c(F)c(F)c(F)c1F. The van der Waals surface area contributed by atoms with E-state index in [1.807, 2.05) is 0 Å². The average Bonchev–Trinajstić information content (AvgIpc) is 0.897. The first kappa shape index (κ1) is 109. The minimum absolute atomic E-state index is 0. The van der Waals surface area contributed by atoms with Crippen LogP contribution < -0.4 is 30.6 Å². The van der Waals surface area contributed by atoms with Crippen molar-refractivity contribution in [1.82, 2.24) is 0 Å². The fourth-order valence-electron chi connectivity index (χ4n) is 4.18. The molecule has 0 amide bonds. The van der Waals surface area contributed by atoms with Crippen LogP contribution in [0.5, 0.6) is 34.5 Å². The van der Waals surface area contributed by atoms with Crippen LogP contribution in [0, 0.1) is 323 Å². The summed E-state index contributed by atoms with van der Waals surface area (Å²) >= 11 is 0. The number of ether oxygens (including phenoxy) is 8. The number of rotatable bonds is 12. The van der Waals surface area contributed by atoms with Crippen molar-refractivity contribution in [2.24, 2.45) is 0 Å². The minimum atomic E-state index is -2.33. The molecule has 0 saturated carbocycles. The molecular formula is C52H40Eu3F30O14. The summed E-state index contributed by atoms with van der Waals surface area (Å²) in [6.07, 6.45) is 0. The molecule has 0 aromatic heterocycles. The van der Waals surface area contributed by atoms with E-state index < -0.39 is 209 Å². The summed E-state index contributed by atoms with van der Waals surface area (Å²) in [5.74, 6) is -81.5. The Morgan fingerprint density at radius 1 is 0.141 bits per heavy atom. The molecule has 3 radical (unpaired) electrons. The first-order valence-electron chi connectivity index (χ1n) is 23.5. The van der Waals surface area contributed by atoms with Crippen molar-refractivity contribution in [3.63, 3.8) is 0 Å². The third-order valence-corrected chi connectivity index (χ3v) is 8.98. The van der Waals surface area contributed by atoms with E-state index in [-0.39, 0.29) is 148 Å². The Bertz CT molecular complexity index is 2210. The van der Waals surface area contributed by atoms with Crippen LogP contribution in [0.25, 0.3) is 0 Å². The van der Waals surface area contributed by atoms with Crippen LogP contribution in [0.3, 0.4) is 0 Å². The molecular weight excluding hydrogens is 1870 g/mol. The summed E-state index contributed by atoms with van der Waals surface area (Å²) in [6, 6.07) is 0. The van der Waals surface area contributed by atoms with Gasteiger partial charge in [-0.1, -0.05) is 0 Å². The van der Waals surface area contributed by atoms with Gasteiger partial charge in [-0.15, -0.1) is 0 Å². The third-order valence-electron chi connectivity index (χ3n) is 8.98. The van der Waals surface area contributed by atoms with Crippen molar-refractivity contribution in [2.75, 3.05) is 110 Å². The maximum atomic E-state index is 12.1. The largest absolute Gasteiger partial charge is 2.00 e. The predicted octanol–water partition coefficient (Wildman–Crippen LogP) is 9.85. The summed E-state index contributed by atoms with van der Waals surface area (Å²) in [7, 11) is 13.2. The molecule has 6 aromatic carbocycles. The van der Waals surface area contributed by atoms with Crippen molar-refractivity contribution in [3.8, 4) is 34.5 Å². The van der Waals surface area contributed by atoms with Gasteiger partial charge in [-0.3, -0.25) is 0 Å². The summed E-state index contributed by atoms with van der Waals surface area (Å²) < 4.78 is 400. The normalized spacial score (nSPS) is 9.76. The molecule has 0 fully saturated rings. The molecule has 6 rings (SSSR count). The Balaban J connectivity index is -0.000000192. The summed E-state index contributed by atoms with van der Waals surface area (Å²) in [4.78, 5) is 0. The Kier molecular flexibility index (Phi) is 62.5. The molecule has 6 aromatic rings. The zero-order valence-electron chi connectivity index (χ0n) is 49.8. The van der Waals surface area contributed by atoms with Gasteiger partial charge in [-0.2, -0.15) is 0 Å². The maximum Gasteiger partial charge on any atom is 2.00 e. The summed E-state index contributed by atoms with van der Waals surface area (Å²) in [5.41, 5.74) is 0. The summed E-state index contributed by atoms with van der Waals surface area (Å²) in [5, 5.41) is 61.0. The standard InChI is InChI=1S/6C6HF5O.4C4H10O2.3Eu/c6*7-1-2(8)4(10)6(12)5(11)3(1)9;4*1-5-3-4-6-2;;;/h6*12H;4*3-4H2,1-2H3;;;/q;;;;;;;;;;3*+2/p-6. The molecule has 47 heteroatoms. The number of methoxy groups -OCH3 is 8. The van der Waals surface area contributed by atoms with Crippen LogP contribution >= 0.6 is 0 Å². The number of benzene rings is 6. The van der Waals surface area contributed by atoms with Crippen LogP contribution in [0.1, 0.15) is 0 Å². The van der Waals surface area contributed by atoms with Gasteiger partial charge in [0.2, 0.25) is 0 Å². The van der Waals surface area contributed by atoms with Gasteiger partial charge in [0.25, 0.3) is 0 Å². The molecule has 0 N–H and O–H groups in total. The van der Waals surface area contributed by atoms with Gasteiger partial charge < -0.3 is 68.5 Å². The fraction of sp³-hybridized carbons (Fsp3) is 0.308. The topological polar surface area (TPSA) is 212 Å². The van der Waals surface area contributed by atoms with Crippen LogP contribution in [-0.4, -0.2) is 110 Å². The van der Waals surface area contributed by atoms with E-state index in [2.05, 4.69) is 37.9 Å². The van der Waals surface area contributed by atoms with Gasteiger partial charge in [-0.05, 0) is 34.5 Å². The Morgan fingerprint density at radius 3 is 0.242 bits per heavy atom. The molecule has 563 valence electrons. The smallest absolute Gasteiger partial charge is 0.868 e. The molecule has 0 unspecified atom stereocenters. The van der Waals surface area contributed by atoms with Crippen molar-refractivity contribution < 1.29 is 348 Å². The van der Waals surface area contributed by atoms with Crippen molar-refractivity contribution in [2.45, 2.75) is 0 Å². The van der Waals surface area contributed by atoms with Crippen LogP contribution in [0.2, 0.25) is 0 Å². The third kappa shape index (κ3) is 34.7. The quantitative estimate of drug-likeness (QED) is 0.0483. The van der Waals surface area contributed by atoms with Gasteiger partial charge in [0.05, 0.1) is 52.9 Å². The molecule has 0 aliphatic heterocycles. The van der Waals surface area contributed by atoms with Crippen molar-refractivity contribution in [1.29, 1.82) is 0 Å². The second-order valence-electron chi connectivity index (χ2n) is 15.3. The number of hydrogen-bond donors (Lipinski definition) is 0. The second-order valence-corrected chi connectivity index (χ2v) is 15.3.